The topological polar surface area (TPSA) is 56.6 Å². The fourth-order valence-electron chi connectivity index (χ4n) is 4.41. The van der Waals surface area contributed by atoms with Crippen LogP contribution in [0.3, 0.4) is 0 Å². The molecular formula is C24H23F2N3O3. The first kappa shape index (κ1) is 20.5. The molecule has 0 aliphatic carbocycles. The van der Waals surface area contributed by atoms with E-state index in [0.29, 0.717) is 18.2 Å². The maximum absolute atomic E-state index is 14.6. The van der Waals surface area contributed by atoms with E-state index in [4.69, 9.17) is 9.47 Å². The molecular weight excluding hydrogens is 416 g/mol. The van der Waals surface area contributed by atoms with Crippen LogP contribution in [0.25, 0.3) is 0 Å². The van der Waals surface area contributed by atoms with Crippen LogP contribution in [0.5, 0.6) is 17.4 Å². The Labute approximate surface area is 184 Å². The molecule has 0 radical (unpaired) electrons. The number of aromatic nitrogens is 2. The van der Waals surface area contributed by atoms with Gasteiger partial charge < -0.3 is 14.4 Å². The second-order valence-electron chi connectivity index (χ2n) is 8.40. The van der Waals surface area contributed by atoms with Crippen molar-refractivity contribution in [3.05, 3.63) is 75.7 Å². The summed E-state index contributed by atoms with van der Waals surface area (Å²) in [6, 6.07) is 11.0. The Morgan fingerprint density at radius 1 is 1.12 bits per heavy atom. The minimum absolute atomic E-state index is 0.128. The van der Waals surface area contributed by atoms with Crippen molar-refractivity contribution in [1.82, 2.24) is 9.55 Å². The zero-order valence-electron chi connectivity index (χ0n) is 17.7. The van der Waals surface area contributed by atoms with E-state index in [0.717, 1.165) is 49.4 Å². The molecule has 1 saturated heterocycles. The Morgan fingerprint density at radius 2 is 1.94 bits per heavy atom. The van der Waals surface area contributed by atoms with Crippen LogP contribution in [-0.4, -0.2) is 22.6 Å². The summed E-state index contributed by atoms with van der Waals surface area (Å²) in [4.78, 5) is 18.7. The molecule has 0 amide bonds. The zero-order valence-corrected chi connectivity index (χ0v) is 17.7. The highest BCUT2D eigenvalue weighted by molar-refractivity contribution is 5.44. The molecule has 3 heterocycles. The fraction of sp³-hybridized carbons (Fsp3) is 0.333. The van der Waals surface area contributed by atoms with Gasteiger partial charge in [0.2, 0.25) is 5.88 Å². The summed E-state index contributed by atoms with van der Waals surface area (Å²) in [5.41, 5.74) is 0.824. The van der Waals surface area contributed by atoms with E-state index in [2.05, 4.69) is 9.88 Å². The van der Waals surface area contributed by atoms with E-state index in [1.807, 2.05) is 13.0 Å². The van der Waals surface area contributed by atoms with Crippen molar-refractivity contribution in [2.75, 3.05) is 18.0 Å². The third kappa shape index (κ3) is 4.04. The lowest BCUT2D eigenvalue weighted by atomic mass is 9.96. The standard InChI is InChI=1S/C24H23F2N3O3/c1-15-4-2-6-18(8-15)32-23-19(25)9-17(10-20(23)26)14-31-21-11-22-28-7-3-5-16(12-28)13-29(22)24(30)27-21/h2,4,6,8-11,16H,3,5,7,12-14H2,1H3. The summed E-state index contributed by atoms with van der Waals surface area (Å²) in [5.74, 6) is -0.379. The van der Waals surface area contributed by atoms with Gasteiger partial charge in [-0.05, 0) is 61.1 Å². The smallest absolute Gasteiger partial charge is 0.352 e. The number of aryl methyl sites for hydroxylation is 1. The van der Waals surface area contributed by atoms with Gasteiger partial charge in [0.25, 0.3) is 0 Å². The van der Waals surface area contributed by atoms with Crippen molar-refractivity contribution in [3.63, 3.8) is 0 Å². The highest BCUT2D eigenvalue weighted by atomic mass is 19.1. The Hall–Kier alpha value is -3.42. The monoisotopic (exact) mass is 439 g/mol. The van der Waals surface area contributed by atoms with Crippen molar-refractivity contribution in [1.29, 1.82) is 0 Å². The van der Waals surface area contributed by atoms with E-state index in [9.17, 15) is 13.6 Å². The number of ether oxygens (including phenoxy) is 2. The number of anilines is 1. The molecule has 32 heavy (non-hydrogen) atoms. The SMILES string of the molecule is Cc1cccc(Oc2c(F)cc(COc3cc4n(c(=O)n3)CC3CCCN4C3)cc2F)c1. The molecule has 2 aliphatic heterocycles. The third-order valence-electron chi connectivity index (χ3n) is 5.90. The van der Waals surface area contributed by atoms with Crippen molar-refractivity contribution in [2.45, 2.75) is 32.9 Å². The maximum Gasteiger partial charge on any atom is 0.352 e. The van der Waals surface area contributed by atoms with E-state index >= 15 is 0 Å². The van der Waals surface area contributed by atoms with Crippen LogP contribution in [0, 0.1) is 24.5 Å². The van der Waals surface area contributed by atoms with Crippen LogP contribution < -0.4 is 20.1 Å². The first-order valence-electron chi connectivity index (χ1n) is 10.7. The van der Waals surface area contributed by atoms with Gasteiger partial charge in [-0.15, -0.1) is 0 Å². The lowest BCUT2D eigenvalue weighted by Crippen LogP contribution is -2.46. The Bertz CT molecular complexity index is 1200. The van der Waals surface area contributed by atoms with E-state index in [1.165, 1.54) is 0 Å². The molecule has 3 aromatic rings. The first-order valence-corrected chi connectivity index (χ1v) is 10.7. The summed E-state index contributed by atoms with van der Waals surface area (Å²) in [5, 5.41) is 0. The van der Waals surface area contributed by atoms with E-state index in [-0.39, 0.29) is 23.7 Å². The number of fused-ring (bicyclic) bond motifs is 4. The lowest BCUT2D eigenvalue weighted by Gasteiger charge is -2.40. The van der Waals surface area contributed by atoms with Gasteiger partial charge in [0, 0.05) is 25.7 Å². The molecule has 1 aromatic heterocycles. The van der Waals surface area contributed by atoms with Crippen LogP contribution in [0.4, 0.5) is 14.6 Å². The van der Waals surface area contributed by atoms with E-state index < -0.39 is 17.4 Å². The third-order valence-corrected chi connectivity index (χ3v) is 5.90. The van der Waals surface area contributed by atoms with Gasteiger partial charge in [0.1, 0.15) is 18.2 Å². The molecule has 0 N–H and O–H groups in total. The molecule has 2 aliphatic rings. The number of rotatable bonds is 5. The summed E-state index contributed by atoms with van der Waals surface area (Å²) in [7, 11) is 0. The second kappa shape index (κ2) is 8.26. The molecule has 0 saturated carbocycles. The van der Waals surface area contributed by atoms with Gasteiger partial charge in [-0.3, -0.25) is 4.57 Å². The summed E-state index contributed by atoms with van der Waals surface area (Å²) in [6.07, 6.45) is 2.20. The molecule has 1 atom stereocenters. The molecule has 2 bridgehead atoms. The largest absolute Gasteiger partial charge is 0.473 e. The molecule has 0 spiro atoms. The molecule has 5 rings (SSSR count). The predicted molar refractivity (Wildman–Crippen MR) is 115 cm³/mol. The van der Waals surface area contributed by atoms with Crippen LogP contribution in [0.2, 0.25) is 0 Å². The Morgan fingerprint density at radius 3 is 2.72 bits per heavy atom. The van der Waals surface area contributed by atoms with Gasteiger partial charge >= 0.3 is 5.69 Å². The lowest BCUT2D eigenvalue weighted by molar-refractivity contribution is 0.281. The highest BCUT2D eigenvalue weighted by Crippen LogP contribution is 2.31. The van der Waals surface area contributed by atoms with Gasteiger partial charge in [0.05, 0.1) is 0 Å². The normalized spacial score (nSPS) is 17.1. The fourth-order valence-corrected chi connectivity index (χ4v) is 4.41. The van der Waals surface area contributed by atoms with Crippen molar-refractivity contribution >= 4 is 5.82 Å². The number of nitrogens with zero attached hydrogens (tertiary/aromatic N) is 3. The average molecular weight is 439 g/mol. The van der Waals surface area contributed by atoms with Crippen molar-refractivity contribution in [2.24, 2.45) is 5.92 Å². The number of piperidine rings is 1. The van der Waals surface area contributed by atoms with Gasteiger partial charge in [-0.2, -0.15) is 4.98 Å². The molecule has 166 valence electrons. The molecule has 1 unspecified atom stereocenters. The van der Waals surface area contributed by atoms with Gasteiger partial charge in [-0.25, -0.2) is 13.6 Å². The number of hydrogen-bond donors (Lipinski definition) is 0. The molecule has 1 fully saturated rings. The first-order chi connectivity index (χ1) is 15.5. The minimum Gasteiger partial charge on any atom is -0.473 e. The van der Waals surface area contributed by atoms with Crippen LogP contribution in [0.1, 0.15) is 24.0 Å². The van der Waals surface area contributed by atoms with Crippen LogP contribution >= 0.6 is 0 Å². The summed E-state index contributed by atoms with van der Waals surface area (Å²) in [6.45, 7) is 4.21. The Kier molecular flexibility index (Phi) is 5.28. The Balaban J connectivity index is 1.33. The van der Waals surface area contributed by atoms with Crippen LogP contribution in [0.15, 0.2) is 47.3 Å². The number of hydrogen-bond acceptors (Lipinski definition) is 5. The average Bonchev–Trinajstić information content (AvgIpc) is 2.76. The number of benzene rings is 2. The maximum atomic E-state index is 14.6. The summed E-state index contributed by atoms with van der Waals surface area (Å²) >= 11 is 0. The predicted octanol–water partition coefficient (Wildman–Crippen LogP) is 4.43. The quantitative estimate of drug-likeness (QED) is 0.589. The van der Waals surface area contributed by atoms with Gasteiger partial charge in [-0.1, -0.05) is 12.1 Å². The molecule has 2 aromatic carbocycles. The van der Waals surface area contributed by atoms with E-state index in [1.54, 1.807) is 28.8 Å². The summed E-state index contributed by atoms with van der Waals surface area (Å²) < 4.78 is 41.8. The number of halogens is 2. The molecule has 8 heteroatoms. The highest BCUT2D eigenvalue weighted by Gasteiger charge is 2.29. The minimum atomic E-state index is -0.831. The second-order valence-corrected chi connectivity index (χ2v) is 8.40. The van der Waals surface area contributed by atoms with Crippen molar-refractivity contribution < 1.29 is 18.3 Å². The van der Waals surface area contributed by atoms with Crippen molar-refractivity contribution in [3.8, 4) is 17.4 Å². The van der Waals surface area contributed by atoms with Crippen LogP contribution in [-0.2, 0) is 13.2 Å². The zero-order chi connectivity index (χ0) is 22.2. The van der Waals surface area contributed by atoms with Gasteiger partial charge in [0.15, 0.2) is 17.4 Å². The molecule has 6 nitrogen and oxygen atoms in total.